The number of nitrogens with zero attached hydrogens (tertiary/aromatic N) is 3. The van der Waals surface area contributed by atoms with Crippen molar-refractivity contribution in [2.75, 3.05) is 26.2 Å². The molecule has 2 unspecified atom stereocenters. The molecule has 6 nitrogen and oxygen atoms in total. The molecule has 0 saturated carbocycles. The molecular formula is C19H27N3O3S. The lowest BCUT2D eigenvalue weighted by Crippen LogP contribution is -2.51. The second-order valence-electron chi connectivity index (χ2n) is 7.22. The second-order valence-corrected chi connectivity index (χ2v) is 8.29. The van der Waals surface area contributed by atoms with Gasteiger partial charge in [0.05, 0.1) is 22.9 Å². The predicted octanol–water partition coefficient (Wildman–Crippen LogP) is 2.34. The number of carbonyl (C=O) groups is 2. The van der Waals surface area contributed by atoms with Crippen LogP contribution in [0.2, 0.25) is 0 Å². The molecule has 0 radical (unpaired) electrons. The normalized spacial score (nSPS) is 25.0. The minimum Gasteiger partial charge on any atom is -0.372 e. The third kappa shape index (κ3) is 4.71. The molecule has 0 N–H and O–H groups in total. The molecule has 2 amide bonds. The van der Waals surface area contributed by atoms with E-state index in [1.807, 2.05) is 36.0 Å². The monoisotopic (exact) mass is 377 g/mol. The Kier molecular flexibility index (Phi) is 6.09. The first-order valence-electron chi connectivity index (χ1n) is 9.25. The number of piperidine rings is 1. The summed E-state index contributed by atoms with van der Waals surface area (Å²) >= 11 is 1.57. The molecule has 2 aliphatic rings. The number of rotatable bonds is 3. The van der Waals surface area contributed by atoms with Crippen molar-refractivity contribution in [3.63, 3.8) is 0 Å². The van der Waals surface area contributed by atoms with E-state index in [1.54, 1.807) is 23.5 Å². The summed E-state index contributed by atoms with van der Waals surface area (Å²) in [7, 11) is 0. The number of hydrogen-bond acceptors (Lipinski definition) is 5. The third-order valence-corrected chi connectivity index (χ3v) is 5.71. The highest BCUT2D eigenvalue weighted by Crippen LogP contribution is 2.22. The van der Waals surface area contributed by atoms with Crippen LogP contribution in [0.25, 0.3) is 6.08 Å². The van der Waals surface area contributed by atoms with Crippen molar-refractivity contribution in [1.82, 2.24) is 14.8 Å². The molecule has 2 saturated heterocycles. The van der Waals surface area contributed by atoms with Crippen molar-refractivity contribution in [3.05, 3.63) is 22.2 Å². The highest BCUT2D eigenvalue weighted by atomic mass is 32.1. The Morgan fingerprint density at radius 1 is 1.19 bits per heavy atom. The minimum atomic E-state index is -0.00447. The van der Waals surface area contributed by atoms with Crippen LogP contribution in [0.5, 0.6) is 0 Å². The molecule has 2 atom stereocenters. The van der Waals surface area contributed by atoms with Crippen LogP contribution in [0.3, 0.4) is 0 Å². The fourth-order valence-electron chi connectivity index (χ4n) is 3.68. The zero-order chi connectivity index (χ0) is 18.7. The van der Waals surface area contributed by atoms with E-state index in [2.05, 4.69) is 4.98 Å². The van der Waals surface area contributed by atoms with Crippen molar-refractivity contribution < 1.29 is 14.3 Å². The van der Waals surface area contributed by atoms with Gasteiger partial charge in [0.15, 0.2) is 0 Å². The van der Waals surface area contributed by atoms with E-state index in [1.165, 1.54) is 0 Å². The number of amides is 2. The topological polar surface area (TPSA) is 62.7 Å². The molecule has 0 aromatic carbocycles. The maximum absolute atomic E-state index is 12.8. The van der Waals surface area contributed by atoms with Gasteiger partial charge in [0.1, 0.15) is 0 Å². The van der Waals surface area contributed by atoms with Gasteiger partial charge in [-0.3, -0.25) is 9.59 Å². The molecule has 3 heterocycles. The van der Waals surface area contributed by atoms with Crippen LogP contribution < -0.4 is 0 Å². The highest BCUT2D eigenvalue weighted by Gasteiger charge is 2.33. The van der Waals surface area contributed by atoms with Crippen molar-refractivity contribution in [2.45, 2.75) is 45.8 Å². The first kappa shape index (κ1) is 19.0. The Hall–Kier alpha value is -1.73. The number of aromatic nitrogens is 1. The zero-order valence-electron chi connectivity index (χ0n) is 15.7. The quantitative estimate of drug-likeness (QED) is 0.759. The minimum absolute atomic E-state index is 0.00447. The number of aryl methyl sites for hydroxylation is 1. The lowest BCUT2D eigenvalue weighted by Gasteiger charge is -2.39. The van der Waals surface area contributed by atoms with Gasteiger partial charge in [0, 0.05) is 43.6 Å². The van der Waals surface area contributed by atoms with Crippen LogP contribution in [0.4, 0.5) is 0 Å². The molecule has 2 aliphatic heterocycles. The molecule has 26 heavy (non-hydrogen) atoms. The van der Waals surface area contributed by atoms with E-state index in [4.69, 9.17) is 4.74 Å². The van der Waals surface area contributed by atoms with Crippen LogP contribution >= 0.6 is 11.3 Å². The van der Waals surface area contributed by atoms with Crippen LogP contribution in [0.15, 0.2) is 11.5 Å². The van der Waals surface area contributed by atoms with Gasteiger partial charge in [-0.15, -0.1) is 11.3 Å². The molecule has 1 aromatic rings. The molecule has 142 valence electrons. The van der Waals surface area contributed by atoms with Crippen LogP contribution in [-0.2, 0) is 14.3 Å². The maximum atomic E-state index is 12.8. The van der Waals surface area contributed by atoms with Crippen molar-refractivity contribution in [1.29, 1.82) is 0 Å². The van der Waals surface area contributed by atoms with E-state index in [0.717, 1.165) is 23.5 Å². The van der Waals surface area contributed by atoms with Gasteiger partial charge in [0.2, 0.25) is 11.8 Å². The van der Waals surface area contributed by atoms with E-state index in [9.17, 15) is 9.59 Å². The van der Waals surface area contributed by atoms with Crippen LogP contribution in [0, 0.1) is 12.8 Å². The molecule has 0 spiro atoms. The summed E-state index contributed by atoms with van der Waals surface area (Å²) in [6, 6.07) is 0. The first-order valence-corrected chi connectivity index (χ1v) is 10.1. The van der Waals surface area contributed by atoms with E-state index < -0.39 is 0 Å². The Balaban J connectivity index is 1.49. The number of carbonyl (C=O) groups excluding carboxylic acids is 2. The van der Waals surface area contributed by atoms with Crippen LogP contribution in [0.1, 0.15) is 37.4 Å². The lowest BCUT2D eigenvalue weighted by molar-refractivity contribution is -0.149. The molecule has 2 fully saturated rings. The number of morpholine rings is 1. The average molecular weight is 378 g/mol. The van der Waals surface area contributed by atoms with Gasteiger partial charge >= 0.3 is 0 Å². The molecule has 3 rings (SSSR count). The van der Waals surface area contributed by atoms with Crippen molar-refractivity contribution >= 4 is 29.2 Å². The maximum Gasteiger partial charge on any atom is 0.246 e. The second kappa shape index (κ2) is 8.31. The Morgan fingerprint density at radius 2 is 1.85 bits per heavy atom. The number of likely N-dealkylation sites (tertiary alicyclic amines) is 1. The average Bonchev–Trinajstić information content (AvgIpc) is 3.03. The molecule has 0 bridgehead atoms. The van der Waals surface area contributed by atoms with E-state index >= 15 is 0 Å². The van der Waals surface area contributed by atoms with Gasteiger partial charge in [-0.2, -0.15) is 0 Å². The van der Waals surface area contributed by atoms with Gasteiger partial charge in [0.25, 0.3) is 0 Å². The number of hydrogen-bond donors (Lipinski definition) is 0. The highest BCUT2D eigenvalue weighted by molar-refractivity contribution is 7.09. The number of ether oxygens (including phenoxy) is 1. The number of thiazole rings is 1. The van der Waals surface area contributed by atoms with E-state index in [-0.39, 0.29) is 29.9 Å². The molecule has 0 aliphatic carbocycles. The summed E-state index contributed by atoms with van der Waals surface area (Å²) in [5.74, 6) is 0.226. The van der Waals surface area contributed by atoms with E-state index in [0.29, 0.717) is 26.2 Å². The summed E-state index contributed by atoms with van der Waals surface area (Å²) in [4.78, 5) is 33.2. The van der Waals surface area contributed by atoms with Gasteiger partial charge in [-0.05, 0) is 39.7 Å². The lowest BCUT2D eigenvalue weighted by atomic mass is 9.94. The summed E-state index contributed by atoms with van der Waals surface area (Å²) < 4.78 is 5.71. The Bertz CT molecular complexity index is 669. The van der Waals surface area contributed by atoms with Crippen molar-refractivity contribution in [3.8, 4) is 0 Å². The summed E-state index contributed by atoms with van der Waals surface area (Å²) in [6.45, 7) is 8.55. The van der Waals surface area contributed by atoms with Crippen molar-refractivity contribution in [2.24, 2.45) is 5.92 Å². The van der Waals surface area contributed by atoms with Crippen LogP contribution in [-0.4, -0.2) is 65.0 Å². The standard InChI is InChI=1S/C19H27N3O3S/c1-13-10-22(11-14(2)25-13)19(24)16-6-8-21(9-7-16)18(23)5-4-17-12-26-15(3)20-17/h4-5,12-14,16H,6-11H2,1-3H3/b5-4+. The smallest absolute Gasteiger partial charge is 0.246 e. The SMILES string of the molecule is Cc1nc(/C=C/C(=O)N2CCC(C(=O)N3CC(C)OC(C)C3)CC2)cs1. The fraction of sp³-hybridized carbons (Fsp3) is 0.632. The van der Waals surface area contributed by atoms with Gasteiger partial charge in [-0.1, -0.05) is 0 Å². The van der Waals surface area contributed by atoms with Gasteiger partial charge < -0.3 is 14.5 Å². The molecule has 1 aromatic heterocycles. The third-order valence-electron chi connectivity index (χ3n) is 4.92. The summed E-state index contributed by atoms with van der Waals surface area (Å²) in [5.41, 5.74) is 0.821. The molecular weight excluding hydrogens is 350 g/mol. The Labute approximate surface area is 158 Å². The molecule has 7 heteroatoms. The largest absolute Gasteiger partial charge is 0.372 e. The fourth-order valence-corrected chi connectivity index (χ4v) is 4.26. The first-order chi connectivity index (χ1) is 12.4. The zero-order valence-corrected chi connectivity index (χ0v) is 16.5. The Morgan fingerprint density at radius 3 is 2.42 bits per heavy atom. The summed E-state index contributed by atoms with van der Waals surface area (Å²) in [5, 5.41) is 2.93. The van der Waals surface area contributed by atoms with Gasteiger partial charge in [-0.25, -0.2) is 4.98 Å². The predicted molar refractivity (Wildman–Crippen MR) is 102 cm³/mol. The summed E-state index contributed by atoms with van der Waals surface area (Å²) in [6.07, 6.45) is 4.98.